The number of halogens is 2. The average Bonchev–Trinajstić information content (AvgIpc) is 3.50. The fourth-order valence-electron chi connectivity index (χ4n) is 4.34. The molecule has 0 aliphatic carbocycles. The molecule has 2 amide bonds. The van der Waals surface area contributed by atoms with E-state index >= 15 is 0 Å². The molecule has 6 N–H and O–H groups in total. The Morgan fingerprint density at radius 3 is 2.50 bits per heavy atom. The van der Waals surface area contributed by atoms with E-state index in [0.717, 1.165) is 16.9 Å². The van der Waals surface area contributed by atoms with E-state index in [9.17, 15) is 9.59 Å². The number of hydrogen-bond acceptors (Lipinski definition) is 5. The van der Waals surface area contributed by atoms with E-state index in [0.29, 0.717) is 65.9 Å². The maximum absolute atomic E-state index is 12.8. The van der Waals surface area contributed by atoms with Crippen molar-refractivity contribution in [1.82, 2.24) is 19.9 Å². The molecule has 0 saturated carbocycles. The molecule has 10 nitrogen and oxygen atoms in total. The van der Waals surface area contributed by atoms with Gasteiger partial charge in [0.1, 0.15) is 0 Å². The number of aryl methyl sites for hydroxylation is 1. The number of aromatic nitrogens is 3. The molecule has 0 radical (unpaired) electrons. The van der Waals surface area contributed by atoms with Crippen molar-refractivity contribution in [2.24, 2.45) is 12.8 Å². The van der Waals surface area contributed by atoms with Gasteiger partial charge in [0.2, 0.25) is 5.91 Å². The number of aromatic amines is 1. The van der Waals surface area contributed by atoms with Gasteiger partial charge in [-0.15, -0.1) is 23.2 Å². The molecular weight excluding hydrogens is 551 g/mol. The first-order chi connectivity index (χ1) is 19.3. The van der Waals surface area contributed by atoms with Gasteiger partial charge < -0.3 is 30.8 Å². The summed E-state index contributed by atoms with van der Waals surface area (Å²) in [6.45, 7) is 1.70. The minimum atomic E-state index is -0.249. The van der Waals surface area contributed by atoms with E-state index in [4.69, 9.17) is 34.3 Å². The van der Waals surface area contributed by atoms with Crippen molar-refractivity contribution in [3.63, 3.8) is 0 Å². The van der Waals surface area contributed by atoms with Gasteiger partial charge in [-0.05, 0) is 42.0 Å². The lowest BCUT2D eigenvalue weighted by atomic mass is 10.1. The van der Waals surface area contributed by atoms with Crippen LogP contribution in [0.5, 0.6) is 0 Å². The predicted molar refractivity (Wildman–Crippen MR) is 162 cm³/mol. The first kappa shape index (κ1) is 29.0. The minimum Gasteiger partial charge on any atom is -0.388 e. The molecule has 0 saturated heterocycles. The van der Waals surface area contributed by atoms with Gasteiger partial charge in [0.15, 0.2) is 5.82 Å². The molecule has 210 valence electrons. The number of carbonyl (C=O) groups excluding carboxylic acids is 2. The van der Waals surface area contributed by atoms with Gasteiger partial charge in [0, 0.05) is 62.3 Å². The van der Waals surface area contributed by atoms with Crippen LogP contribution in [-0.4, -0.2) is 63.6 Å². The molecule has 12 heteroatoms. The molecule has 40 heavy (non-hydrogen) atoms. The van der Waals surface area contributed by atoms with Gasteiger partial charge in [-0.3, -0.25) is 15.0 Å². The number of carbonyl (C=O) groups is 2. The molecule has 4 rings (SSSR count). The molecular formula is C28H32Cl2N8O2. The van der Waals surface area contributed by atoms with Crippen molar-refractivity contribution in [2.45, 2.75) is 12.8 Å². The number of nitrogens with one attached hydrogen (secondary N) is 4. The smallest absolute Gasteiger partial charge is 0.251 e. The Labute approximate surface area is 242 Å². The van der Waals surface area contributed by atoms with E-state index in [-0.39, 0.29) is 24.1 Å². The van der Waals surface area contributed by atoms with Crippen LogP contribution in [-0.2, 0) is 18.3 Å². The Morgan fingerprint density at radius 1 is 1.10 bits per heavy atom. The van der Waals surface area contributed by atoms with Crippen LogP contribution in [0, 0.1) is 5.41 Å². The Hall–Kier alpha value is -4.02. The first-order valence-corrected chi connectivity index (χ1v) is 13.9. The average molecular weight is 584 g/mol. The Kier molecular flexibility index (Phi) is 9.68. The Morgan fingerprint density at radius 2 is 1.82 bits per heavy atom. The van der Waals surface area contributed by atoms with Crippen LogP contribution in [0.2, 0.25) is 0 Å². The van der Waals surface area contributed by atoms with Gasteiger partial charge >= 0.3 is 0 Å². The SMILES string of the molecule is Cn1cc(NC(=O)Cc2ccc(N(CCCl)CCCl)cc2)cc1-c1nc2ccc(C(=O)NCCC(=N)N)cc2[nH]1. The van der Waals surface area contributed by atoms with Gasteiger partial charge in [-0.25, -0.2) is 4.98 Å². The minimum absolute atomic E-state index is 0.0227. The monoisotopic (exact) mass is 582 g/mol. The second-order valence-electron chi connectivity index (χ2n) is 9.33. The van der Waals surface area contributed by atoms with E-state index in [2.05, 4.69) is 25.5 Å². The number of benzene rings is 2. The Bertz CT molecular complexity index is 1490. The third-order valence-corrected chi connectivity index (χ3v) is 6.67. The molecule has 0 bridgehead atoms. The van der Waals surface area contributed by atoms with Crippen LogP contribution in [0.25, 0.3) is 22.6 Å². The summed E-state index contributed by atoms with van der Waals surface area (Å²) in [5.74, 6) is 1.27. The quantitative estimate of drug-likeness (QED) is 0.0915. The zero-order chi connectivity index (χ0) is 28.6. The number of H-pyrrole nitrogens is 1. The lowest BCUT2D eigenvalue weighted by molar-refractivity contribution is -0.115. The van der Waals surface area contributed by atoms with Crippen LogP contribution >= 0.6 is 23.2 Å². The van der Waals surface area contributed by atoms with E-state index in [1.807, 2.05) is 48.1 Å². The van der Waals surface area contributed by atoms with Crippen molar-refractivity contribution in [1.29, 1.82) is 5.41 Å². The zero-order valence-corrected chi connectivity index (χ0v) is 23.6. The van der Waals surface area contributed by atoms with E-state index in [1.54, 1.807) is 18.2 Å². The van der Waals surface area contributed by atoms with Crippen LogP contribution in [0.1, 0.15) is 22.3 Å². The summed E-state index contributed by atoms with van der Waals surface area (Å²) in [6.07, 6.45) is 2.36. The van der Waals surface area contributed by atoms with E-state index < -0.39 is 0 Å². The topological polar surface area (TPSA) is 145 Å². The number of hydrogen-bond donors (Lipinski definition) is 5. The lowest BCUT2D eigenvalue weighted by Gasteiger charge is -2.23. The number of nitrogens with zero attached hydrogens (tertiary/aromatic N) is 3. The standard InChI is InChI=1S/C28H32Cl2N8O2/c1-37-17-20(34-26(39)14-18-2-5-21(6-3-18)38(12-9-29)13-10-30)16-24(37)27-35-22-7-4-19(15-23(22)36-27)28(40)33-11-8-25(31)32/h2-7,15-17H,8-14H2,1H3,(H3,31,32)(H,33,40)(H,34,39)(H,35,36). The maximum atomic E-state index is 12.8. The number of alkyl halides is 2. The number of rotatable bonds is 13. The summed E-state index contributed by atoms with van der Waals surface area (Å²) in [6, 6.07) is 14.9. The molecule has 0 aliphatic rings. The summed E-state index contributed by atoms with van der Waals surface area (Å²) in [5.41, 5.74) is 10.6. The van der Waals surface area contributed by atoms with Gasteiger partial charge in [0.05, 0.1) is 34.7 Å². The largest absolute Gasteiger partial charge is 0.388 e. The number of nitrogens with two attached hydrogens (primary N) is 1. The highest BCUT2D eigenvalue weighted by atomic mass is 35.5. The fraction of sp³-hybridized carbons (Fsp3) is 0.286. The van der Waals surface area contributed by atoms with Gasteiger partial charge in [-0.1, -0.05) is 12.1 Å². The summed E-state index contributed by atoms with van der Waals surface area (Å²) in [4.78, 5) is 35.2. The summed E-state index contributed by atoms with van der Waals surface area (Å²) >= 11 is 11.8. The number of imidazole rings is 1. The maximum Gasteiger partial charge on any atom is 0.251 e. The molecule has 0 unspecified atom stereocenters. The number of amidine groups is 1. The molecule has 0 atom stereocenters. The molecule has 0 fully saturated rings. The molecule has 2 aromatic heterocycles. The van der Waals surface area contributed by atoms with Crippen molar-refractivity contribution < 1.29 is 9.59 Å². The van der Waals surface area contributed by atoms with Crippen LogP contribution in [0.3, 0.4) is 0 Å². The zero-order valence-electron chi connectivity index (χ0n) is 22.1. The summed E-state index contributed by atoms with van der Waals surface area (Å²) in [5, 5.41) is 13.0. The van der Waals surface area contributed by atoms with Gasteiger partial charge in [0.25, 0.3) is 5.91 Å². The lowest BCUT2D eigenvalue weighted by Crippen LogP contribution is -2.27. The summed E-state index contributed by atoms with van der Waals surface area (Å²) in [7, 11) is 1.87. The number of amides is 2. The third-order valence-electron chi connectivity index (χ3n) is 6.33. The third kappa shape index (κ3) is 7.34. The highest BCUT2D eigenvalue weighted by Gasteiger charge is 2.14. The molecule has 4 aromatic rings. The van der Waals surface area contributed by atoms with Crippen LogP contribution < -0.4 is 21.3 Å². The normalized spacial score (nSPS) is 11.0. The second kappa shape index (κ2) is 13.4. The molecule has 0 spiro atoms. The molecule has 2 heterocycles. The number of fused-ring (bicyclic) bond motifs is 1. The van der Waals surface area contributed by atoms with E-state index in [1.165, 1.54) is 0 Å². The van der Waals surface area contributed by atoms with Crippen molar-refractivity contribution in [3.05, 3.63) is 65.9 Å². The summed E-state index contributed by atoms with van der Waals surface area (Å²) < 4.78 is 1.87. The van der Waals surface area contributed by atoms with Crippen LogP contribution in [0.15, 0.2) is 54.7 Å². The van der Waals surface area contributed by atoms with Crippen molar-refractivity contribution in [3.8, 4) is 11.5 Å². The second-order valence-corrected chi connectivity index (χ2v) is 10.1. The van der Waals surface area contributed by atoms with Crippen molar-refractivity contribution >= 4 is 63.3 Å². The molecule has 0 aliphatic heterocycles. The fourth-order valence-corrected chi connectivity index (χ4v) is 4.75. The first-order valence-electron chi connectivity index (χ1n) is 12.8. The highest BCUT2D eigenvalue weighted by Crippen LogP contribution is 2.25. The van der Waals surface area contributed by atoms with Crippen molar-refractivity contribution in [2.75, 3.05) is 41.6 Å². The molecule has 2 aromatic carbocycles. The highest BCUT2D eigenvalue weighted by molar-refractivity contribution is 6.18. The Balaban J connectivity index is 1.41. The van der Waals surface area contributed by atoms with Crippen LogP contribution in [0.4, 0.5) is 11.4 Å². The number of anilines is 2. The predicted octanol–water partition coefficient (Wildman–Crippen LogP) is 4.09. The van der Waals surface area contributed by atoms with Gasteiger partial charge in [-0.2, -0.15) is 0 Å².